The van der Waals surface area contributed by atoms with Gasteiger partial charge in [0.25, 0.3) is 0 Å². The van der Waals surface area contributed by atoms with Crippen LogP contribution in [0.15, 0.2) is 24.3 Å². The van der Waals surface area contributed by atoms with Gasteiger partial charge in [-0.2, -0.15) is 15.0 Å². The molecule has 1 aromatic carbocycles. The van der Waals surface area contributed by atoms with Gasteiger partial charge in [0, 0.05) is 6.54 Å². The van der Waals surface area contributed by atoms with E-state index in [0.29, 0.717) is 12.5 Å². The maximum Gasteiger partial charge on any atom is 0.323 e. The Hall–Kier alpha value is -2.44. The minimum Gasteiger partial charge on any atom is -0.461 e. The summed E-state index contributed by atoms with van der Waals surface area (Å²) in [6.45, 7) is 4.18. The lowest BCUT2D eigenvalue weighted by Crippen LogP contribution is -2.12. The van der Waals surface area contributed by atoms with Gasteiger partial charge in [0.2, 0.25) is 11.9 Å². The molecule has 0 aliphatic carbocycles. The van der Waals surface area contributed by atoms with Crippen LogP contribution < -0.4 is 15.8 Å². The van der Waals surface area contributed by atoms with Gasteiger partial charge in [-0.15, -0.1) is 0 Å². The maximum atomic E-state index is 12.8. The van der Waals surface area contributed by atoms with Crippen LogP contribution in [0.2, 0.25) is 0 Å². The van der Waals surface area contributed by atoms with E-state index in [1.165, 1.54) is 12.1 Å². The van der Waals surface area contributed by atoms with E-state index in [2.05, 4.69) is 20.3 Å². The monoisotopic (exact) mass is 277 g/mol. The quantitative estimate of drug-likeness (QED) is 0.869. The Bertz CT molecular complexity index is 573. The third-order valence-corrected chi connectivity index (χ3v) is 2.34. The summed E-state index contributed by atoms with van der Waals surface area (Å²) in [6.07, 6.45) is -0.0539. The lowest BCUT2D eigenvalue weighted by atomic mass is 10.2. The van der Waals surface area contributed by atoms with Crippen LogP contribution in [0, 0.1) is 5.82 Å². The molecular weight excluding hydrogens is 261 g/mol. The van der Waals surface area contributed by atoms with Crippen LogP contribution in [0.1, 0.15) is 19.4 Å². The standard InChI is InChI=1S/C13H16FN5O/c1-8(2)20-13-18-11(15)17-12(19-13)16-7-9-3-5-10(14)6-4-9/h3-6,8H,7H2,1-2H3,(H3,15,16,17,18,19). The molecule has 0 aliphatic rings. The lowest BCUT2D eigenvalue weighted by Gasteiger charge is -2.10. The molecule has 2 rings (SSSR count). The van der Waals surface area contributed by atoms with Crippen LogP contribution in [-0.2, 0) is 6.54 Å². The molecule has 0 aliphatic heterocycles. The number of hydrogen-bond acceptors (Lipinski definition) is 6. The molecule has 1 heterocycles. The molecule has 0 saturated heterocycles. The minimum absolute atomic E-state index is 0.0539. The molecule has 6 nitrogen and oxygen atoms in total. The van der Waals surface area contributed by atoms with E-state index >= 15 is 0 Å². The van der Waals surface area contributed by atoms with Crippen molar-refractivity contribution < 1.29 is 9.13 Å². The molecule has 3 N–H and O–H groups in total. The molecule has 0 saturated carbocycles. The molecule has 7 heteroatoms. The van der Waals surface area contributed by atoms with E-state index in [0.717, 1.165) is 5.56 Å². The summed E-state index contributed by atoms with van der Waals surface area (Å²) in [5.41, 5.74) is 6.49. The zero-order valence-electron chi connectivity index (χ0n) is 11.3. The normalized spacial score (nSPS) is 10.6. The number of anilines is 2. The lowest BCUT2D eigenvalue weighted by molar-refractivity contribution is 0.222. The molecular formula is C13H16FN5O. The average molecular weight is 277 g/mol. The van der Waals surface area contributed by atoms with Crippen LogP contribution in [0.25, 0.3) is 0 Å². The number of hydrogen-bond donors (Lipinski definition) is 2. The highest BCUT2D eigenvalue weighted by Crippen LogP contribution is 2.12. The van der Waals surface area contributed by atoms with Gasteiger partial charge in [-0.05, 0) is 31.5 Å². The molecule has 0 unspecified atom stereocenters. The van der Waals surface area contributed by atoms with Crippen molar-refractivity contribution in [2.45, 2.75) is 26.5 Å². The van der Waals surface area contributed by atoms with Crippen molar-refractivity contribution in [1.82, 2.24) is 15.0 Å². The van der Waals surface area contributed by atoms with Crippen LogP contribution in [0.3, 0.4) is 0 Å². The summed E-state index contributed by atoms with van der Waals surface area (Å²) in [6, 6.07) is 6.32. The van der Waals surface area contributed by atoms with Crippen LogP contribution >= 0.6 is 0 Å². The van der Waals surface area contributed by atoms with E-state index in [-0.39, 0.29) is 23.9 Å². The number of halogens is 1. The number of benzene rings is 1. The highest BCUT2D eigenvalue weighted by molar-refractivity contribution is 5.34. The third-order valence-electron chi connectivity index (χ3n) is 2.34. The van der Waals surface area contributed by atoms with Gasteiger partial charge in [0.15, 0.2) is 0 Å². The highest BCUT2D eigenvalue weighted by atomic mass is 19.1. The third kappa shape index (κ3) is 4.04. The second-order valence-electron chi connectivity index (χ2n) is 4.45. The zero-order valence-corrected chi connectivity index (χ0v) is 11.3. The second-order valence-corrected chi connectivity index (χ2v) is 4.45. The van der Waals surface area contributed by atoms with Gasteiger partial charge < -0.3 is 15.8 Å². The van der Waals surface area contributed by atoms with Gasteiger partial charge in [-0.25, -0.2) is 4.39 Å². The Morgan fingerprint density at radius 3 is 2.55 bits per heavy atom. The van der Waals surface area contributed by atoms with Gasteiger partial charge >= 0.3 is 6.01 Å². The molecule has 0 fully saturated rings. The number of aromatic nitrogens is 3. The van der Waals surface area contributed by atoms with Crippen molar-refractivity contribution in [3.63, 3.8) is 0 Å². The predicted molar refractivity (Wildman–Crippen MR) is 73.7 cm³/mol. The highest BCUT2D eigenvalue weighted by Gasteiger charge is 2.07. The molecule has 0 amide bonds. The summed E-state index contributed by atoms with van der Waals surface area (Å²) in [5.74, 6) is 0.125. The second kappa shape index (κ2) is 6.14. The van der Waals surface area contributed by atoms with E-state index in [1.54, 1.807) is 12.1 Å². The molecule has 0 atom stereocenters. The SMILES string of the molecule is CC(C)Oc1nc(N)nc(NCc2ccc(F)cc2)n1. The van der Waals surface area contributed by atoms with Crippen molar-refractivity contribution >= 4 is 11.9 Å². The van der Waals surface area contributed by atoms with Gasteiger partial charge in [0.05, 0.1) is 6.10 Å². The first kappa shape index (κ1) is 14.0. The fraction of sp³-hybridized carbons (Fsp3) is 0.308. The number of nitrogens with two attached hydrogens (primary N) is 1. The van der Waals surface area contributed by atoms with Crippen molar-refractivity contribution in [2.24, 2.45) is 0 Å². The van der Waals surface area contributed by atoms with Gasteiger partial charge in [-0.1, -0.05) is 12.1 Å². The van der Waals surface area contributed by atoms with Crippen molar-refractivity contribution in [1.29, 1.82) is 0 Å². The van der Waals surface area contributed by atoms with Gasteiger partial charge in [-0.3, -0.25) is 0 Å². The Morgan fingerprint density at radius 1 is 1.20 bits per heavy atom. The summed E-state index contributed by atoms with van der Waals surface area (Å²) in [5, 5.41) is 2.99. The van der Waals surface area contributed by atoms with E-state index < -0.39 is 0 Å². The van der Waals surface area contributed by atoms with Crippen LogP contribution in [0.5, 0.6) is 6.01 Å². The Labute approximate surface area is 116 Å². The molecule has 2 aromatic rings. The van der Waals surface area contributed by atoms with Crippen LogP contribution in [0.4, 0.5) is 16.3 Å². The fourth-order valence-corrected chi connectivity index (χ4v) is 1.50. The van der Waals surface area contributed by atoms with Crippen LogP contribution in [-0.4, -0.2) is 21.1 Å². The average Bonchev–Trinajstić information content (AvgIpc) is 2.36. The molecule has 0 spiro atoms. The molecule has 0 radical (unpaired) electrons. The smallest absolute Gasteiger partial charge is 0.323 e. The van der Waals surface area contributed by atoms with E-state index in [1.807, 2.05) is 13.8 Å². The topological polar surface area (TPSA) is 86.0 Å². The molecule has 0 bridgehead atoms. The fourth-order valence-electron chi connectivity index (χ4n) is 1.50. The number of ether oxygens (including phenoxy) is 1. The maximum absolute atomic E-state index is 12.8. The van der Waals surface area contributed by atoms with Crippen molar-refractivity contribution in [3.8, 4) is 6.01 Å². The van der Waals surface area contributed by atoms with Crippen molar-refractivity contribution in [3.05, 3.63) is 35.6 Å². The molecule has 1 aromatic heterocycles. The summed E-state index contributed by atoms with van der Waals surface area (Å²) >= 11 is 0. The first-order valence-electron chi connectivity index (χ1n) is 6.19. The number of nitrogen functional groups attached to an aromatic ring is 1. The molecule has 106 valence electrons. The largest absolute Gasteiger partial charge is 0.461 e. The first-order valence-corrected chi connectivity index (χ1v) is 6.19. The van der Waals surface area contributed by atoms with E-state index in [9.17, 15) is 4.39 Å². The van der Waals surface area contributed by atoms with Gasteiger partial charge in [0.1, 0.15) is 5.82 Å². The summed E-state index contributed by atoms with van der Waals surface area (Å²) in [4.78, 5) is 11.9. The van der Waals surface area contributed by atoms with Crippen molar-refractivity contribution in [2.75, 3.05) is 11.1 Å². The Morgan fingerprint density at radius 2 is 1.90 bits per heavy atom. The summed E-state index contributed by atoms with van der Waals surface area (Å²) < 4.78 is 18.2. The minimum atomic E-state index is -0.272. The Balaban J connectivity index is 2.05. The first-order chi connectivity index (χ1) is 9.52. The number of rotatable bonds is 5. The molecule has 20 heavy (non-hydrogen) atoms. The number of nitrogens with one attached hydrogen (secondary N) is 1. The van der Waals surface area contributed by atoms with E-state index in [4.69, 9.17) is 10.5 Å². The zero-order chi connectivity index (χ0) is 14.5. The summed E-state index contributed by atoms with van der Waals surface area (Å²) in [7, 11) is 0. The Kier molecular flexibility index (Phi) is 4.29. The predicted octanol–water partition coefficient (Wildman–Crippen LogP) is 1.99. The number of nitrogens with zero attached hydrogens (tertiary/aromatic N) is 3.